The standard InChI is InChI=1S/C8H6FNO4/c1-14-8(13)5-2-4(7(11)12)3-6(9)10-5/h2-3H,1H3,(H,11,12). The summed E-state index contributed by atoms with van der Waals surface area (Å²) in [4.78, 5) is 24.5. The molecule has 0 spiro atoms. The van der Waals surface area contributed by atoms with E-state index in [-0.39, 0.29) is 11.3 Å². The molecule has 14 heavy (non-hydrogen) atoms. The second-order valence-corrected chi connectivity index (χ2v) is 2.36. The lowest BCUT2D eigenvalue weighted by Crippen LogP contribution is -2.08. The molecule has 1 rings (SSSR count). The number of hydrogen-bond acceptors (Lipinski definition) is 4. The third kappa shape index (κ3) is 2.03. The van der Waals surface area contributed by atoms with Crippen molar-refractivity contribution in [3.63, 3.8) is 0 Å². The molecule has 0 aliphatic heterocycles. The molecule has 0 saturated heterocycles. The minimum atomic E-state index is -1.34. The number of hydrogen-bond donors (Lipinski definition) is 1. The zero-order valence-corrected chi connectivity index (χ0v) is 7.15. The lowest BCUT2D eigenvalue weighted by atomic mass is 10.2. The van der Waals surface area contributed by atoms with Gasteiger partial charge in [0.2, 0.25) is 5.95 Å². The van der Waals surface area contributed by atoms with E-state index in [0.29, 0.717) is 0 Å². The van der Waals surface area contributed by atoms with Gasteiger partial charge in [-0.05, 0) is 6.07 Å². The molecule has 1 N–H and O–H groups in total. The van der Waals surface area contributed by atoms with E-state index in [2.05, 4.69) is 9.72 Å². The van der Waals surface area contributed by atoms with E-state index in [4.69, 9.17) is 5.11 Å². The summed E-state index contributed by atoms with van der Waals surface area (Å²) in [6, 6.07) is 1.66. The largest absolute Gasteiger partial charge is 0.478 e. The zero-order valence-electron chi connectivity index (χ0n) is 7.15. The Bertz CT molecular complexity index is 391. The van der Waals surface area contributed by atoms with E-state index in [0.717, 1.165) is 19.2 Å². The van der Waals surface area contributed by atoms with E-state index in [1.165, 1.54) is 0 Å². The van der Waals surface area contributed by atoms with Crippen molar-refractivity contribution in [2.45, 2.75) is 0 Å². The van der Waals surface area contributed by atoms with Gasteiger partial charge in [0.05, 0.1) is 12.7 Å². The minimum Gasteiger partial charge on any atom is -0.478 e. The van der Waals surface area contributed by atoms with Crippen molar-refractivity contribution >= 4 is 11.9 Å². The maximum Gasteiger partial charge on any atom is 0.356 e. The highest BCUT2D eigenvalue weighted by atomic mass is 19.1. The quantitative estimate of drug-likeness (QED) is 0.560. The van der Waals surface area contributed by atoms with Gasteiger partial charge in [0.15, 0.2) is 5.69 Å². The Morgan fingerprint density at radius 3 is 2.64 bits per heavy atom. The van der Waals surface area contributed by atoms with Crippen molar-refractivity contribution < 1.29 is 23.8 Å². The average Bonchev–Trinajstić information content (AvgIpc) is 2.15. The molecule has 6 heteroatoms. The van der Waals surface area contributed by atoms with Crippen LogP contribution in [-0.2, 0) is 4.74 Å². The summed E-state index contributed by atoms with van der Waals surface area (Å²) in [6.07, 6.45) is 0. The van der Waals surface area contributed by atoms with Crippen molar-refractivity contribution in [2.75, 3.05) is 7.11 Å². The number of aromatic nitrogens is 1. The first-order valence-electron chi connectivity index (χ1n) is 3.54. The van der Waals surface area contributed by atoms with Crippen molar-refractivity contribution in [3.05, 3.63) is 29.3 Å². The summed E-state index contributed by atoms with van der Waals surface area (Å²) < 4.78 is 17.0. The highest BCUT2D eigenvalue weighted by Crippen LogP contribution is 2.06. The Balaban J connectivity index is 3.20. The number of halogens is 1. The maximum absolute atomic E-state index is 12.7. The van der Waals surface area contributed by atoms with Crippen LogP contribution in [0.3, 0.4) is 0 Å². The van der Waals surface area contributed by atoms with Crippen molar-refractivity contribution in [1.82, 2.24) is 4.98 Å². The second kappa shape index (κ2) is 3.82. The number of carbonyl (C=O) groups excluding carboxylic acids is 1. The van der Waals surface area contributed by atoms with E-state index in [1.54, 1.807) is 0 Å². The van der Waals surface area contributed by atoms with Gasteiger partial charge in [-0.3, -0.25) is 0 Å². The molecule has 0 aromatic carbocycles. The monoisotopic (exact) mass is 199 g/mol. The van der Waals surface area contributed by atoms with Gasteiger partial charge in [0, 0.05) is 6.07 Å². The number of carboxylic acids is 1. The summed E-state index contributed by atoms with van der Waals surface area (Å²) in [5, 5.41) is 8.54. The van der Waals surface area contributed by atoms with Crippen molar-refractivity contribution in [2.24, 2.45) is 0 Å². The number of esters is 1. The number of carboxylic acid groups (broad SMARTS) is 1. The van der Waals surface area contributed by atoms with Gasteiger partial charge in [0.1, 0.15) is 0 Å². The summed E-state index contributed by atoms with van der Waals surface area (Å²) in [6.45, 7) is 0. The molecule has 1 heterocycles. The molecule has 0 amide bonds. The molecular formula is C8H6FNO4. The van der Waals surface area contributed by atoms with Crippen LogP contribution in [0, 0.1) is 5.95 Å². The number of aromatic carboxylic acids is 1. The highest BCUT2D eigenvalue weighted by molar-refractivity contribution is 5.92. The Morgan fingerprint density at radius 1 is 1.50 bits per heavy atom. The fourth-order valence-corrected chi connectivity index (χ4v) is 0.830. The Kier molecular flexibility index (Phi) is 2.76. The van der Waals surface area contributed by atoms with Gasteiger partial charge in [-0.2, -0.15) is 4.39 Å². The normalized spacial score (nSPS) is 9.57. The SMILES string of the molecule is COC(=O)c1cc(C(=O)O)cc(F)n1. The summed E-state index contributed by atoms with van der Waals surface area (Å²) in [7, 11) is 1.09. The number of pyridine rings is 1. The first kappa shape index (κ1) is 10.1. The van der Waals surface area contributed by atoms with Crippen LogP contribution < -0.4 is 0 Å². The van der Waals surface area contributed by atoms with Crippen LogP contribution in [-0.4, -0.2) is 29.1 Å². The Labute approximate surface area is 78.1 Å². The molecular weight excluding hydrogens is 193 g/mol. The molecule has 0 saturated carbocycles. The van der Waals surface area contributed by atoms with Crippen molar-refractivity contribution in [3.8, 4) is 0 Å². The van der Waals surface area contributed by atoms with E-state index in [1.807, 2.05) is 0 Å². The topological polar surface area (TPSA) is 76.5 Å². The number of ether oxygens (including phenoxy) is 1. The number of methoxy groups -OCH3 is 1. The average molecular weight is 199 g/mol. The highest BCUT2D eigenvalue weighted by Gasteiger charge is 2.13. The fraction of sp³-hybridized carbons (Fsp3) is 0.125. The van der Waals surface area contributed by atoms with E-state index in [9.17, 15) is 14.0 Å². The smallest absolute Gasteiger partial charge is 0.356 e. The number of carbonyl (C=O) groups is 2. The van der Waals surface area contributed by atoms with Gasteiger partial charge in [-0.15, -0.1) is 0 Å². The molecule has 0 radical (unpaired) electrons. The summed E-state index contributed by atoms with van der Waals surface area (Å²) >= 11 is 0. The Hall–Kier alpha value is -1.98. The Morgan fingerprint density at radius 2 is 2.14 bits per heavy atom. The summed E-state index contributed by atoms with van der Waals surface area (Å²) in [5.41, 5.74) is -0.720. The van der Waals surface area contributed by atoms with Crippen LogP contribution in [0.2, 0.25) is 0 Å². The summed E-state index contributed by atoms with van der Waals surface area (Å²) in [5.74, 6) is -3.26. The third-order valence-electron chi connectivity index (χ3n) is 1.44. The fourth-order valence-electron chi connectivity index (χ4n) is 0.830. The van der Waals surface area contributed by atoms with Gasteiger partial charge >= 0.3 is 11.9 Å². The second-order valence-electron chi connectivity index (χ2n) is 2.36. The van der Waals surface area contributed by atoms with E-state index >= 15 is 0 Å². The van der Waals surface area contributed by atoms with Gasteiger partial charge < -0.3 is 9.84 Å². The molecule has 0 atom stereocenters. The molecule has 0 fully saturated rings. The molecule has 74 valence electrons. The van der Waals surface area contributed by atoms with Crippen LogP contribution in [0.1, 0.15) is 20.8 Å². The van der Waals surface area contributed by atoms with Crippen LogP contribution in [0.4, 0.5) is 4.39 Å². The van der Waals surface area contributed by atoms with Crippen LogP contribution in [0.5, 0.6) is 0 Å². The third-order valence-corrected chi connectivity index (χ3v) is 1.44. The predicted octanol–water partition coefficient (Wildman–Crippen LogP) is 0.706. The minimum absolute atomic E-state index is 0.349. The molecule has 0 unspecified atom stereocenters. The lowest BCUT2D eigenvalue weighted by Gasteiger charge is -1.99. The zero-order chi connectivity index (χ0) is 10.7. The molecule has 1 aromatic rings. The van der Waals surface area contributed by atoms with E-state index < -0.39 is 17.9 Å². The van der Waals surface area contributed by atoms with Gasteiger partial charge in [0.25, 0.3) is 0 Å². The van der Waals surface area contributed by atoms with Crippen LogP contribution >= 0.6 is 0 Å². The molecule has 5 nitrogen and oxygen atoms in total. The first-order chi connectivity index (χ1) is 6.54. The van der Waals surface area contributed by atoms with Gasteiger partial charge in [-0.1, -0.05) is 0 Å². The molecule has 0 aliphatic carbocycles. The molecule has 1 aromatic heterocycles. The molecule has 0 aliphatic rings. The predicted molar refractivity (Wildman–Crippen MR) is 42.5 cm³/mol. The number of nitrogens with zero attached hydrogens (tertiary/aromatic N) is 1. The van der Waals surface area contributed by atoms with Crippen LogP contribution in [0.15, 0.2) is 12.1 Å². The molecule has 0 bridgehead atoms. The van der Waals surface area contributed by atoms with Crippen molar-refractivity contribution in [1.29, 1.82) is 0 Å². The number of rotatable bonds is 2. The first-order valence-corrected chi connectivity index (χ1v) is 3.54. The lowest BCUT2D eigenvalue weighted by molar-refractivity contribution is 0.0592. The van der Waals surface area contributed by atoms with Crippen LogP contribution in [0.25, 0.3) is 0 Å². The maximum atomic E-state index is 12.7. The van der Waals surface area contributed by atoms with Gasteiger partial charge in [-0.25, -0.2) is 14.6 Å².